The van der Waals surface area contributed by atoms with Crippen LogP contribution in [0.25, 0.3) is 5.69 Å². The Morgan fingerprint density at radius 2 is 2.29 bits per heavy atom. The van der Waals surface area contributed by atoms with Crippen LogP contribution in [0.2, 0.25) is 0 Å². The fourth-order valence-corrected chi connectivity index (χ4v) is 1.69. The van der Waals surface area contributed by atoms with Crippen molar-refractivity contribution in [1.29, 1.82) is 0 Å². The monoisotopic (exact) mass is 250 g/mol. The number of benzene rings is 1. The summed E-state index contributed by atoms with van der Waals surface area (Å²) in [6, 6.07) is 8.10. The van der Waals surface area contributed by atoms with E-state index in [2.05, 4.69) is 34.1 Å². The first-order valence-corrected chi connectivity index (χ1v) is 5.38. The Bertz CT molecular complexity index is 434. The Balaban J connectivity index is 2.39. The minimum Gasteiger partial charge on any atom is -0.241 e. The van der Waals surface area contributed by atoms with E-state index in [9.17, 15) is 0 Å². The van der Waals surface area contributed by atoms with E-state index in [-0.39, 0.29) is 0 Å². The van der Waals surface area contributed by atoms with Crippen LogP contribution in [0.15, 0.2) is 41.1 Å². The number of nitrogens with zero attached hydrogens (tertiary/aromatic N) is 2. The standard InChI is InChI=1S/C11H11BrN2/c1-2-9-7-13-14(8-9)11-5-3-4-10(12)6-11/h3-8H,2H2,1H3. The molecule has 1 aromatic heterocycles. The van der Waals surface area contributed by atoms with E-state index in [0.29, 0.717) is 0 Å². The molecule has 0 aliphatic carbocycles. The molecule has 0 radical (unpaired) electrons. The molecule has 72 valence electrons. The molecule has 0 bridgehead atoms. The summed E-state index contributed by atoms with van der Waals surface area (Å²) >= 11 is 3.44. The van der Waals surface area contributed by atoms with Crippen molar-refractivity contribution in [1.82, 2.24) is 9.78 Å². The van der Waals surface area contributed by atoms with Gasteiger partial charge < -0.3 is 0 Å². The molecule has 0 unspecified atom stereocenters. The Morgan fingerprint density at radius 3 is 2.93 bits per heavy atom. The molecule has 0 aliphatic rings. The second-order valence-corrected chi connectivity index (χ2v) is 4.04. The molecular formula is C11H11BrN2. The van der Waals surface area contributed by atoms with Crippen molar-refractivity contribution >= 4 is 15.9 Å². The van der Waals surface area contributed by atoms with Crippen molar-refractivity contribution in [2.45, 2.75) is 13.3 Å². The number of aryl methyl sites for hydroxylation is 1. The normalized spacial score (nSPS) is 10.4. The highest BCUT2D eigenvalue weighted by molar-refractivity contribution is 9.10. The number of hydrogen-bond donors (Lipinski definition) is 0. The lowest BCUT2D eigenvalue weighted by atomic mass is 10.3. The molecule has 0 saturated heterocycles. The van der Waals surface area contributed by atoms with E-state index in [1.54, 1.807) is 0 Å². The van der Waals surface area contributed by atoms with Crippen molar-refractivity contribution in [3.8, 4) is 5.69 Å². The maximum atomic E-state index is 4.29. The second-order valence-electron chi connectivity index (χ2n) is 3.13. The molecule has 2 aromatic rings. The third-order valence-corrected chi connectivity index (χ3v) is 2.61. The van der Waals surface area contributed by atoms with E-state index < -0.39 is 0 Å². The number of aromatic nitrogens is 2. The maximum Gasteiger partial charge on any atom is 0.0656 e. The third-order valence-electron chi connectivity index (χ3n) is 2.12. The van der Waals surface area contributed by atoms with Crippen molar-refractivity contribution in [2.75, 3.05) is 0 Å². The zero-order valence-corrected chi connectivity index (χ0v) is 9.53. The minimum absolute atomic E-state index is 1.02. The van der Waals surface area contributed by atoms with E-state index in [1.165, 1.54) is 5.56 Å². The molecule has 2 rings (SSSR count). The Morgan fingerprint density at radius 1 is 1.43 bits per heavy atom. The van der Waals surface area contributed by atoms with Crippen LogP contribution < -0.4 is 0 Å². The lowest BCUT2D eigenvalue weighted by molar-refractivity contribution is 0.879. The van der Waals surface area contributed by atoms with Crippen LogP contribution in [0.4, 0.5) is 0 Å². The highest BCUT2D eigenvalue weighted by Crippen LogP contribution is 2.15. The van der Waals surface area contributed by atoms with Gasteiger partial charge in [-0.05, 0) is 30.2 Å². The summed E-state index contributed by atoms with van der Waals surface area (Å²) < 4.78 is 2.97. The van der Waals surface area contributed by atoms with E-state index in [1.807, 2.05) is 35.1 Å². The minimum atomic E-state index is 1.02. The predicted octanol–water partition coefficient (Wildman–Crippen LogP) is 3.20. The van der Waals surface area contributed by atoms with Gasteiger partial charge in [-0.2, -0.15) is 5.10 Å². The van der Waals surface area contributed by atoms with Gasteiger partial charge in [0.2, 0.25) is 0 Å². The SMILES string of the molecule is CCc1cnn(-c2cccc(Br)c2)c1. The molecule has 2 nitrogen and oxygen atoms in total. The molecule has 0 amide bonds. The average molecular weight is 251 g/mol. The average Bonchev–Trinajstić information content (AvgIpc) is 2.66. The molecule has 3 heteroatoms. The van der Waals surface area contributed by atoms with Crippen LogP contribution >= 0.6 is 15.9 Å². The van der Waals surface area contributed by atoms with Crippen LogP contribution in [0.3, 0.4) is 0 Å². The van der Waals surface area contributed by atoms with E-state index in [4.69, 9.17) is 0 Å². The van der Waals surface area contributed by atoms with Gasteiger partial charge in [0, 0.05) is 10.7 Å². The van der Waals surface area contributed by atoms with E-state index in [0.717, 1.165) is 16.6 Å². The Labute approximate surface area is 91.7 Å². The summed E-state index contributed by atoms with van der Waals surface area (Å²) in [4.78, 5) is 0. The van der Waals surface area contributed by atoms with Gasteiger partial charge in [-0.1, -0.05) is 28.9 Å². The van der Waals surface area contributed by atoms with Crippen molar-refractivity contribution in [2.24, 2.45) is 0 Å². The molecule has 0 spiro atoms. The highest BCUT2D eigenvalue weighted by Gasteiger charge is 1.99. The fourth-order valence-electron chi connectivity index (χ4n) is 1.30. The third kappa shape index (κ3) is 1.87. The highest BCUT2D eigenvalue weighted by atomic mass is 79.9. The summed E-state index contributed by atoms with van der Waals surface area (Å²) in [6.07, 6.45) is 4.98. The largest absolute Gasteiger partial charge is 0.241 e. The second kappa shape index (κ2) is 3.96. The molecule has 0 aliphatic heterocycles. The summed E-state index contributed by atoms with van der Waals surface area (Å²) in [5, 5.41) is 4.29. The van der Waals surface area contributed by atoms with Gasteiger partial charge in [-0.3, -0.25) is 0 Å². The lowest BCUT2D eigenvalue weighted by Gasteiger charge is -2.00. The Hall–Kier alpha value is -1.09. The fraction of sp³-hybridized carbons (Fsp3) is 0.182. The van der Waals surface area contributed by atoms with Gasteiger partial charge in [-0.25, -0.2) is 4.68 Å². The molecule has 1 heterocycles. The van der Waals surface area contributed by atoms with Gasteiger partial charge in [-0.15, -0.1) is 0 Å². The van der Waals surface area contributed by atoms with Gasteiger partial charge in [0.1, 0.15) is 0 Å². The lowest BCUT2D eigenvalue weighted by Crippen LogP contribution is -1.93. The van der Waals surface area contributed by atoms with E-state index >= 15 is 0 Å². The first kappa shape index (κ1) is 9.46. The van der Waals surface area contributed by atoms with Gasteiger partial charge in [0.25, 0.3) is 0 Å². The van der Waals surface area contributed by atoms with Crippen LogP contribution in [0.1, 0.15) is 12.5 Å². The number of halogens is 1. The summed E-state index contributed by atoms with van der Waals surface area (Å²) in [5.74, 6) is 0. The smallest absolute Gasteiger partial charge is 0.0656 e. The topological polar surface area (TPSA) is 17.8 Å². The summed E-state index contributed by atoms with van der Waals surface area (Å²) in [7, 11) is 0. The Kier molecular flexibility index (Phi) is 2.68. The first-order valence-electron chi connectivity index (χ1n) is 4.59. The summed E-state index contributed by atoms with van der Waals surface area (Å²) in [5.41, 5.74) is 2.34. The number of rotatable bonds is 2. The van der Waals surface area contributed by atoms with Gasteiger partial charge in [0.15, 0.2) is 0 Å². The van der Waals surface area contributed by atoms with Crippen molar-refractivity contribution < 1.29 is 0 Å². The van der Waals surface area contributed by atoms with Crippen LogP contribution in [-0.2, 0) is 6.42 Å². The van der Waals surface area contributed by atoms with Crippen molar-refractivity contribution in [3.05, 3.63) is 46.7 Å². The maximum absolute atomic E-state index is 4.29. The molecule has 1 aromatic carbocycles. The first-order chi connectivity index (χ1) is 6.79. The molecule has 14 heavy (non-hydrogen) atoms. The zero-order chi connectivity index (χ0) is 9.97. The van der Waals surface area contributed by atoms with Gasteiger partial charge in [0.05, 0.1) is 11.9 Å². The molecule has 0 atom stereocenters. The van der Waals surface area contributed by atoms with Gasteiger partial charge >= 0.3 is 0 Å². The van der Waals surface area contributed by atoms with Crippen LogP contribution in [0, 0.1) is 0 Å². The summed E-state index contributed by atoms with van der Waals surface area (Å²) in [6.45, 7) is 2.13. The predicted molar refractivity (Wildman–Crippen MR) is 60.6 cm³/mol. The quantitative estimate of drug-likeness (QED) is 0.801. The van der Waals surface area contributed by atoms with Crippen molar-refractivity contribution in [3.63, 3.8) is 0 Å². The molecular weight excluding hydrogens is 240 g/mol. The van der Waals surface area contributed by atoms with Crippen LogP contribution in [0.5, 0.6) is 0 Å². The molecule has 0 fully saturated rings. The number of hydrogen-bond acceptors (Lipinski definition) is 1. The zero-order valence-electron chi connectivity index (χ0n) is 7.94. The van der Waals surface area contributed by atoms with Crippen LogP contribution in [-0.4, -0.2) is 9.78 Å². The molecule has 0 N–H and O–H groups in total. The molecule has 0 saturated carbocycles.